The number of benzene rings is 2. The number of aliphatic imine (C=N–C) groups is 1. The van der Waals surface area contributed by atoms with Crippen molar-refractivity contribution in [2.24, 2.45) is 4.99 Å². The molecule has 0 unspecified atom stereocenters. The summed E-state index contributed by atoms with van der Waals surface area (Å²) >= 11 is 3.40. The van der Waals surface area contributed by atoms with E-state index in [4.69, 9.17) is 23.7 Å². The average Bonchev–Trinajstić information content (AvgIpc) is 3.13. The fourth-order valence-corrected chi connectivity index (χ4v) is 3.30. The van der Waals surface area contributed by atoms with Crippen LogP contribution in [-0.2, 0) is 19.1 Å². The number of methoxy groups -OCH3 is 2. The minimum atomic E-state index is -0.566. The third kappa shape index (κ3) is 5.43. The van der Waals surface area contributed by atoms with Crippen LogP contribution in [0.1, 0.15) is 18.1 Å². The zero-order valence-electron chi connectivity index (χ0n) is 17.1. The van der Waals surface area contributed by atoms with E-state index in [1.54, 1.807) is 56.5 Å². The molecule has 0 saturated carbocycles. The van der Waals surface area contributed by atoms with E-state index in [1.165, 1.54) is 7.11 Å². The van der Waals surface area contributed by atoms with Crippen molar-refractivity contribution in [2.45, 2.75) is 6.92 Å². The van der Waals surface area contributed by atoms with Crippen molar-refractivity contribution in [3.63, 3.8) is 0 Å². The summed E-state index contributed by atoms with van der Waals surface area (Å²) < 4.78 is 26.7. The van der Waals surface area contributed by atoms with Crippen molar-refractivity contribution in [3.8, 4) is 17.2 Å². The topological polar surface area (TPSA) is 92.7 Å². The van der Waals surface area contributed by atoms with Gasteiger partial charge in [0, 0.05) is 5.56 Å². The fraction of sp³-hybridized carbons (Fsp3) is 0.227. The molecule has 1 heterocycles. The Morgan fingerprint density at radius 1 is 1.16 bits per heavy atom. The fourth-order valence-electron chi connectivity index (χ4n) is 2.72. The van der Waals surface area contributed by atoms with Gasteiger partial charge in [-0.05, 0) is 70.9 Å². The number of cyclic esters (lactones) is 1. The van der Waals surface area contributed by atoms with Crippen LogP contribution in [0.5, 0.6) is 17.2 Å². The van der Waals surface area contributed by atoms with E-state index < -0.39 is 11.9 Å². The van der Waals surface area contributed by atoms with Gasteiger partial charge in [0.15, 0.2) is 23.8 Å². The maximum absolute atomic E-state index is 12.3. The average molecular weight is 490 g/mol. The third-order valence-electron chi connectivity index (χ3n) is 4.15. The maximum atomic E-state index is 12.3. The van der Waals surface area contributed by atoms with Crippen LogP contribution >= 0.6 is 15.9 Å². The number of esters is 2. The summed E-state index contributed by atoms with van der Waals surface area (Å²) in [4.78, 5) is 28.1. The molecule has 8 nitrogen and oxygen atoms in total. The Balaban J connectivity index is 1.84. The van der Waals surface area contributed by atoms with E-state index >= 15 is 0 Å². The zero-order valence-corrected chi connectivity index (χ0v) is 18.7. The normalized spacial score (nSPS) is 14.1. The molecule has 2 aromatic carbocycles. The van der Waals surface area contributed by atoms with Crippen LogP contribution in [0, 0.1) is 0 Å². The second kappa shape index (κ2) is 10.1. The summed E-state index contributed by atoms with van der Waals surface area (Å²) in [6.07, 6.45) is 1.57. The van der Waals surface area contributed by atoms with Crippen molar-refractivity contribution in [1.29, 1.82) is 0 Å². The molecule has 0 aromatic heterocycles. The van der Waals surface area contributed by atoms with E-state index in [0.29, 0.717) is 32.8 Å². The molecule has 0 bridgehead atoms. The third-order valence-corrected chi connectivity index (χ3v) is 4.74. The molecule has 3 rings (SSSR count). The molecule has 0 N–H and O–H groups in total. The molecule has 31 heavy (non-hydrogen) atoms. The predicted molar refractivity (Wildman–Crippen MR) is 116 cm³/mol. The number of hydrogen-bond acceptors (Lipinski definition) is 8. The van der Waals surface area contributed by atoms with Gasteiger partial charge in [0.1, 0.15) is 5.75 Å². The van der Waals surface area contributed by atoms with E-state index in [1.807, 2.05) is 0 Å². The van der Waals surface area contributed by atoms with Gasteiger partial charge in [0.05, 0.1) is 25.3 Å². The minimum absolute atomic E-state index is 0.139. The SMILES string of the molecule is CCOC(=O)COc1c(Br)cc(/C=C2/N=C(c3ccc(OC)cc3)OC2=O)cc1OC. The quantitative estimate of drug-likeness (QED) is 0.411. The zero-order chi connectivity index (χ0) is 22.4. The Labute approximate surface area is 187 Å². The first-order valence-electron chi connectivity index (χ1n) is 9.28. The van der Waals surface area contributed by atoms with Gasteiger partial charge >= 0.3 is 11.9 Å². The molecule has 0 spiro atoms. The largest absolute Gasteiger partial charge is 0.497 e. The second-order valence-electron chi connectivity index (χ2n) is 6.19. The van der Waals surface area contributed by atoms with Gasteiger partial charge < -0.3 is 23.7 Å². The summed E-state index contributed by atoms with van der Waals surface area (Å²) in [6, 6.07) is 10.4. The van der Waals surface area contributed by atoms with Crippen LogP contribution in [0.2, 0.25) is 0 Å². The summed E-state index contributed by atoms with van der Waals surface area (Å²) in [5.41, 5.74) is 1.41. The molecule has 2 aromatic rings. The Morgan fingerprint density at radius 3 is 2.55 bits per heavy atom. The number of carbonyl (C=O) groups is 2. The lowest BCUT2D eigenvalue weighted by Crippen LogP contribution is -2.15. The molecular formula is C22H20BrNO7. The Morgan fingerprint density at radius 2 is 1.90 bits per heavy atom. The molecule has 0 amide bonds. The highest BCUT2D eigenvalue weighted by Crippen LogP contribution is 2.37. The monoisotopic (exact) mass is 489 g/mol. The standard InChI is InChI=1S/C22H20BrNO7/c1-4-29-19(25)12-30-20-16(23)9-13(11-18(20)28-3)10-17-22(26)31-21(24-17)14-5-7-15(27-2)8-6-14/h5-11H,4,12H2,1-3H3/b17-10+. The number of carbonyl (C=O) groups excluding carboxylic acids is 2. The van der Waals surface area contributed by atoms with E-state index in [9.17, 15) is 9.59 Å². The van der Waals surface area contributed by atoms with E-state index in [0.717, 1.165) is 0 Å². The highest BCUT2D eigenvalue weighted by Gasteiger charge is 2.24. The van der Waals surface area contributed by atoms with Gasteiger partial charge in [-0.25, -0.2) is 14.6 Å². The highest BCUT2D eigenvalue weighted by molar-refractivity contribution is 9.10. The van der Waals surface area contributed by atoms with Gasteiger partial charge in [-0.1, -0.05) is 0 Å². The smallest absolute Gasteiger partial charge is 0.363 e. The first-order valence-corrected chi connectivity index (χ1v) is 10.1. The molecule has 1 aliphatic rings. The van der Waals surface area contributed by atoms with E-state index in [2.05, 4.69) is 20.9 Å². The van der Waals surface area contributed by atoms with Gasteiger partial charge in [-0.3, -0.25) is 0 Å². The first kappa shape index (κ1) is 22.4. The molecule has 1 aliphatic heterocycles. The van der Waals surface area contributed by atoms with Crippen LogP contribution in [0.25, 0.3) is 6.08 Å². The summed E-state index contributed by atoms with van der Waals surface area (Å²) in [7, 11) is 3.04. The lowest BCUT2D eigenvalue weighted by Gasteiger charge is -2.13. The number of ether oxygens (including phenoxy) is 5. The summed E-state index contributed by atoms with van der Waals surface area (Å²) in [6.45, 7) is 1.72. The number of hydrogen-bond donors (Lipinski definition) is 0. The molecule has 0 saturated heterocycles. The molecular weight excluding hydrogens is 470 g/mol. The van der Waals surface area contributed by atoms with Crippen molar-refractivity contribution >= 4 is 39.8 Å². The van der Waals surface area contributed by atoms with Gasteiger partial charge in [-0.2, -0.15) is 0 Å². The Hall–Kier alpha value is -3.33. The van der Waals surface area contributed by atoms with Gasteiger partial charge in [-0.15, -0.1) is 0 Å². The Bertz CT molecular complexity index is 1040. The summed E-state index contributed by atoms with van der Waals surface area (Å²) in [5, 5.41) is 0. The number of rotatable bonds is 8. The summed E-state index contributed by atoms with van der Waals surface area (Å²) in [5.74, 6) is 0.552. The molecule has 0 atom stereocenters. The highest BCUT2D eigenvalue weighted by atomic mass is 79.9. The van der Waals surface area contributed by atoms with Crippen LogP contribution in [0.4, 0.5) is 0 Å². The van der Waals surface area contributed by atoms with Crippen molar-refractivity contribution in [1.82, 2.24) is 0 Å². The predicted octanol–water partition coefficient (Wildman–Crippen LogP) is 3.75. The molecule has 0 radical (unpaired) electrons. The molecule has 162 valence electrons. The van der Waals surface area contributed by atoms with Crippen molar-refractivity contribution in [2.75, 3.05) is 27.4 Å². The minimum Gasteiger partial charge on any atom is -0.497 e. The molecule has 0 fully saturated rings. The molecule has 0 aliphatic carbocycles. The molecule has 9 heteroatoms. The van der Waals surface area contributed by atoms with Crippen LogP contribution in [0.3, 0.4) is 0 Å². The number of nitrogens with zero attached hydrogens (tertiary/aromatic N) is 1. The second-order valence-corrected chi connectivity index (χ2v) is 7.05. The van der Waals surface area contributed by atoms with Crippen molar-refractivity contribution < 1.29 is 33.3 Å². The van der Waals surface area contributed by atoms with Crippen LogP contribution < -0.4 is 14.2 Å². The maximum Gasteiger partial charge on any atom is 0.363 e. The van der Waals surface area contributed by atoms with Gasteiger partial charge in [0.25, 0.3) is 0 Å². The Kier molecular flexibility index (Phi) is 7.30. The number of halogens is 1. The first-order chi connectivity index (χ1) is 14.9. The van der Waals surface area contributed by atoms with Crippen molar-refractivity contribution in [3.05, 3.63) is 57.7 Å². The lowest BCUT2D eigenvalue weighted by molar-refractivity contribution is -0.145. The van der Waals surface area contributed by atoms with Crippen LogP contribution in [-0.4, -0.2) is 45.3 Å². The lowest BCUT2D eigenvalue weighted by atomic mass is 10.1. The van der Waals surface area contributed by atoms with E-state index in [-0.39, 0.29) is 24.8 Å². The van der Waals surface area contributed by atoms with Crippen LogP contribution in [0.15, 0.2) is 51.6 Å². The van der Waals surface area contributed by atoms with Gasteiger partial charge in [0.2, 0.25) is 5.90 Å².